The number of likely N-dealkylation sites (tertiary alicyclic amines) is 1. The highest BCUT2D eigenvalue weighted by Crippen LogP contribution is 2.38. The number of amides is 1. The molecule has 1 atom stereocenters. The van der Waals surface area contributed by atoms with E-state index in [-0.39, 0.29) is 11.9 Å². The van der Waals surface area contributed by atoms with Crippen LogP contribution in [0.15, 0.2) is 48.5 Å². The van der Waals surface area contributed by atoms with Crippen molar-refractivity contribution in [2.24, 2.45) is 0 Å². The van der Waals surface area contributed by atoms with Crippen molar-refractivity contribution in [3.63, 3.8) is 0 Å². The molecule has 3 aliphatic rings. The zero-order chi connectivity index (χ0) is 20.3. The molecule has 6 heteroatoms. The summed E-state index contributed by atoms with van der Waals surface area (Å²) in [5.41, 5.74) is 2.42. The second kappa shape index (κ2) is 8.56. The molecule has 5 rings (SSSR count). The molecule has 2 aromatic carbocycles. The molecule has 3 aliphatic heterocycles. The second-order valence-corrected chi connectivity index (χ2v) is 8.25. The number of hydrogen-bond donors (Lipinski definition) is 0. The van der Waals surface area contributed by atoms with Gasteiger partial charge >= 0.3 is 0 Å². The molecule has 0 spiro atoms. The van der Waals surface area contributed by atoms with Crippen LogP contribution in [0.1, 0.15) is 24.4 Å². The maximum atomic E-state index is 13.2. The van der Waals surface area contributed by atoms with Gasteiger partial charge in [0.15, 0.2) is 11.5 Å². The topological polar surface area (TPSA) is 45.3 Å². The van der Waals surface area contributed by atoms with Crippen molar-refractivity contribution >= 4 is 11.6 Å². The first-order chi connectivity index (χ1) is 14.8. The minimum atomic E-state index is 0.138. The third-order valence-corrected chi connectivity index (χ3v) is 6.38. The molecule has 0 saturated carbocycles. The largest absolute Gasteiger partial charge is 0.486 e. The molecule has 6 nitrogen and oxygen atoms in total. The van der Waals surface area contributed by atoms with Crippen LogP contribution in [0.4, 0.5) is 5.69 Å². The van der Waals surface area contributed by atoms with Gasteiger partial charge in [-0.25, -0.2) is 0 Å². The van der Waals surface area contributed by atoms with E-state index in [1.54, 1.807) is 0 Å². The second-order valence-electron chi connectivity index (χ2n) is 8.25. The standard InChI is InChI=1S/C24H29N3O3/c28-24(18-25-11-13-26(14-12-25)20-5-2-1-3-6-20)27-10-4-7-21(27)19-8-9-22-23(17-19)30-16-15-29-22/h1-3,5-6,8-9,17,21H,4,7,10-16,18H2/t21-/m0/s1. The minimum Gasteiger partial charge on any atom is -0.486 e. The Bertz CT molecular complexity index is 881. The lowest BCUT2D eigenvalue weighted by atomic mass is 10.0. The fraction of sp³-hybridized carbons (Fsp3) is 0.458. The number of para-hydroxylation sites is 1. The first-order valence-electron chi connectivity index (χ1n) is 11.0. The van der Waals surface area contributed by atoms with E-state index in [4.69, 9.17) is 9.47 Å². The van der Waals surface area contributed by atoms with Gasteiger partial charge in [-0.2, -0.15) is 0 Å². The van der Waals surface area contributed by atoms with Crippen LogP contribution >= 0.6 is 0 Å². The highest BCUT2D eigenvalue weighted by atomic mass is 16.6. The maximum Gasteiger partial charge on any atom is 0.237 e. The van der Waals surface area contributed by atoms with Crippen molar-refractivity contribution in [2.75, 3.05) is 57.4 Å². The third-order valence-electron chi connectivity index (χ3n) is 6.38. The van der Waals surface area contributed by atoms with Crippen LogP contribution in [0.2, 0.25) is 0 Å². The number of rotatable bonds is 4. The number of benzene rings is 2. The summed E-state index contributed by atoms with van der Waals surface area (Å²) in [4.78, 5) is 19.9. The summed E-state index contributed by atoms with van der Waals surface area (Å²) in [7, 11) is 0. The number of ether oxygens (including phenoxy) is 2. The lowest BCUT2D eigenvalue weighted by molar-refractivity contribution is -0.133. The number of fused-ring (bicyclic) bond motifs is 1. The molecule has 2 saturated heterocycles. The lowest BCUT2D eigenvalue weighted by Gasteiger charge is -2.37. The minimum absolute atomic E-state index is 0.138. The van der Waals surface area contributed by atoms with Crippen LogP contribution in [0.3, 0.4) is 0 Å². The van der Waals surface area contributed by atoms with Crippen molar-refractivity contribution in [1.29, 1.82) is 0 Å². The predicted octanol–water partition coefficient (Wildman–Crippen LogP) is 2.94. The summed E-state index contributed by atoms with van der Waals surface area (Å²) >= 11 is 0. The number of piperazine rings is 1. The van der Waals surface area contributed by atoms with Crippen LogP contribution in [0.5, 0.6) is 11.5 Å². The Hall–Kier alpha value is -2.73. The number of nitrogens with zero attached hydrogens (tertiary/aromatic N) is 3. The molecule has 0 radical (unpaired) electrons. The highest BCUT2D eigenvalue weighted by Gasteiger charge is 2.32. The van der Waals surface area contributed by atoms with Gasteiger partial charge in [-0.05, 0) is 42.7 Å². The van der Waals surface area contributed by atoms with Crippen LogP contribution in [0, 0.1) is 0 Å². The molecular weight excluding hydrogens is 378 g/mol. The molecule has 1 amide bonds. The van der Waals surface area contributed by atoms with E-state index in [0.29, 0.717) is 19.8 Å². The predicted molar refractivity (Wildman–Crippen MR) is 116 cm³/mol. The monoisotopic (exact) mass is 407 g/mol. The molecule has 0 N–H and O–H groups in total. The number of carbonyl (C=O) groups is 1. The summed E-state index contributed by atoms with van der Waals surface area (Å²) in [6.45, 7) is 6.28. The summed E-state index contributed by atoms with van der Waals surface area (Å²) < 4.78 is 11.4. The van der Waals surface area contributed by atoms with Crippen molar-refractivity contribution in [3.05, 3.63) is 54.1 Å². The van der Waals surface area contributed by atoms with E-state index in [2.05, 4.69) is 51.1 Å². The zero-order valence-corrected chi connectivity index (χ0v) is 17.3. The number of carbonyl (C=O) groups excluding carboxylic acids is 1. The smallest absolute Gasteiger partial charge is 0.237 e. The van der Waals surface area contributed by atoms with Gasteiger partial charge in [-0.1, -0.05) is 24.3 Å². The lowest BCUT2D eigenvalue weighted by Crippen LogP contribution is -2.50. The zero-order valence-electron chi connectivity index (χ0n) is 17.3. The Labute approximate surface area is 178 Å². The van der Waals surface area contributed by atoms with E-state index >= 15 is 0 Å². The molecular formula is C24H29N3O3. The normalized spacial score (nSPS) is 21.7. The highest BCUT2D eigenvalue weighted by molar-refractivity contribution is 5.79. The van der Waals surface area contributed by atoms with Crippen molar-refractivity contribution < 1.29 is 14.3 Å². The van der Waals surface area contributed by atoms with Gasteiger partial charge in [-0.3, -0.25) is 9.69 Å². The summed E-state index contributed by atoms with van der Waals surface area (Å²) in [5, 5.41) is 0. The van der Waals surface area contributed by atoms with E-state index in [1.165, 1.54) is 5.69 Å². The fourth-order valence-electron chi connectivity index (χ4n) is 4.76. The molecule has 158 valence electrons. The summed E-state index contributed by atoms with van der Waals surface area (Å²) in [6.07, 6.45) is 2.06. The molecule has 0 aromatic heterocycles. The summed E-state index contributed by atoms with van der Waals surface area (Å²) in [6, 6.07) is 16.8. The van der Waals surface area contributed by atoms with E-state index in [0.717, 1.165) is 62.6 Å². The van der Waals surface area contributed by atoms with Crippen LogP contribution in [0.25, 0.3) is 0 Å². The Morgan fingerprint density at radius 1 is 0.900 bits per heavy atom. The van der Waals surface area contributed by atoms with Crippen molar-refractivity contribution in [1.82, 2.24) is 9.80 Å². The third kappa shape index (κ3) is 3.97. The quantitative estimate of drug-likeness (QED) is 0.780. The molecule has 30 heavy (non-hydrogen) atoms. The summed E-state index contributed by atoms with van der Waals surface area (Å²) in [5.74, 6) is 1.84. The molecule has 2 fully saturated rings. The Balaban J connectivity index is 1.20. The average molecular weight is 408 g/mol. The van der Waals surface area contributed by atoms with E-state index in [9.17, 15) is 4.79 Å². The van der Waals surface area contributed by atoms with Crippen LogP contribution in [-0.4, -0.2) is 68.2 Å². The Kier molecular flexibility index (Phi) is 5.49. The van der Waals surface area contributed by atoms with Gasteiger partial charge < -0.3 is 19.3 Å². The number of anilines is 1. The fourth-order valence-corrected chi connectivity index (χ4v) is 4.76. The maximum absolute atomic E-state index is 13.2. The first kappa shape index (κ1) is 19.2. The molecule has 0 unspecified atom stereocenters. The van der Waals surface area contributed by atoms with Gasteiger partial charge in [-0.15, -0.1) is 0 Å². The van der Waals surface area contributed by atoms with Crippen LogP contribution < -0.4 is 14.4 Å². The average Bonchev–Trinajstić information content (AvgIpc) is 3.30. The van der Waals surface area contributed by atoms with Gasteiger partial charge in [0.2, 0.25) is 5.91 Å². The number of hydrogen-bond acceptors (Lipinski definition) is 5. The van der Waals surface area contributed by atoms with Gasteiger partial charge in [0, 0.05) is 38.4 Å². The molecule has 3 heterocycles. The van der Waals surface area contributed by atoms with Gasteiger partial charge in [0.1, 0.15) is 13.2 Å². The van der Waals surface area contributed by atoms with Crippen molar-refractivity contribution in [2.45, 2.75) is 18.9 Å². The van der Waals surface area contributed by atoms with Gasteiger partial charge in [0.25, 0.3) is 0 Å². The molecule has 0 bridgehead atoms. The first-order valence-corrected chi connectivity index (χ1v) is 11.0. The van der Waals surface area contributed by atoms with Crippen LogP contribution in [-0.2, 0) is 4.79 Å². The SMILES string of the molecule is O=C(CN1CCN(c2ccccc2)CC1)N1CCC[C@H]1c1ccc2c(c1)OCCO2. The Morgan fingerprint density at radius 3 is 2.47 bits per heavy atom. The van der Waals surface area contributed by atoms with Gasteiger partial charge in [0.05, 0.1) is 12.6 Å². The van der Waals surface area contributed by atoms with Crippen molar-refractivity contribution in [3.8, 4) is 11.5 Å². The Morgan fingerprint density at radius 2 is 1.67 bits per heavy atom. The molecule has 2 aromatic rings. The van der Waals surface area contributed by atoms with E-state index in [1.807, 2.05) is 12.1 Å². The van der Waals surface area contributed by atoms with E-state index < -0.39 is 0 Å². The molecule has 0 aliphatic carbocycles.